The Morgan fingerprint density at radius 1 is 0.330 bits per heavy atom. The number of ether oxygens (including phenoxy) is 3. The van der Waals surface area contributed by atoms with Crippen LogP contribution in [0.4, 0.5) is 0 Å². The zero-order valence-corrected chi connectivity index (χ0v) is 64.9. The van der Waals surface area contributed by atoms with Crippen molar-refractivity contribution in [2.75, 3.05) is 39.6 Å². The molecule has 0 aromatic rings. The highest BCUT2D eigenvalue weighted by Gasteiger charge is 2.24. The van der Waals surface area contributed by atoms with Gasteiger partial charge >= 0.3 is 17.9 Å². The van der Waals surface area contributed by atoms with Gasteiger partial charge in [0.2, 0.25) is 5.91 Å². The van der Waals surface area contributed by atoms with Crippen LogP contribution in [0.5, 0.6) is 0 Å². The van der Waals surface area contributed by atoms with Crippen LogP contribution in [0.2, 0.25) is 0 Å². The maximum atomic E-state index is 13.1. The first-order chi connectivity index (χ1) is 48.7. The highest BCUT2D eigenvalue weighted by Crippen LogP contribution is 2.40. The maximum absolute atomic E-state index is 13.1. The fraction of sp³-hybridized carbons (Fsp3) is 0.753. The molecule has 0 fully saturated rings. The second kappa shape index (κ2) is 73.3. The Balaban J connectivity index is 5.41. The van der Waals surface area contributed by atoms with E-state index in [1.54, 1.807) is 0 Å². The number of phosphoric ester groups is 2. The van der Waals surface area contributed by atoms with Crippen molar-refractivity contribution in [2.45, 2.75) is 354 Å². The summed E-state index contributed by atoms with van der Waals surface area (Å²) < 4.78 is 62.3. The molecular weight excluding hydrogens is 1300 g/mol. The number of aliphatic hydroxyl groups is 1. The lowest BCUT2D eigenvalue weighted by atomic mass is 10.1. The van der Waals surface area contributed by atoms with Gasteiger partial charge in [-0.2, -0.15) is 0 Å². The monoisotopic (exact) mass is 1450 g/mol. The van der Waals surface area contributed by atoms with Crippen LogP contribution in [0.25, 0.3) is 0 Å². The van der Waals surface area contributed by atoms with Crippen molar-refractivity contribution in [1.29, 1.82) is 0 Å². The van der Waals surface area contributed by atoms with Crippen LogP contribution in [0.15, 0.2) is 97.2 Å². The summed E-state index contributed by atoms with van der Waals surface area (Å²) in [5, 5.41) is 13.3. The lowest BCUT2D eigenvalue weighted by Crippen LogP contribution is -2.42. The molecule has 5 unspecified atom stereocenters. The van der Waals surface area contributed by atoms with Gasteiger partial charge in [0, 0.05) is 25.7 Å². The number of amides is 1. The third-order valence-electron chi connectivity index (χ3n) is 16.6. The molecule has 1 amide bonds. The number of carbonyl (C=O) groups excluding carboxylic acids is 4. The van der Waals surface area contributed by atoms with Gasteiger partial charge in [-0.15, -0.1) is 0 Å². The van der Waals surface area contributed by atoms with Gasteiger partial charge in [-0.25, -0.2) is 0 Å². The van der Waals surface area contributed by atoms with Crippen LogP contribution in [-0.4, -0.2) is 86.8 Å². The highest BCUT2D eigenvalue weighted by atomic mass is 31.2. The highest BCUT2D eigenvalue weighted by molar-refractivity contribution is 7.46. The molecular formula is C81H141NO16P2-2. The molecule has 0 saturated carbocycles. The quantitative estimate of drug-likeness (QED) is 0.0189. The number of allylic oxidation sites excluding steroid dienone is 16. The van der Waals surface area contributed by atoms with Crippen LogP contribution in [0.1, 0.15) is 336 Å². The zero-order chi connectivity index (χ0) is 73.2. The van der Waals surface area contributed by atoms with Crippen LogP contribution < -0.4 is 15.1 Å². The number of nitrogens with one attached hydrogen (secondary N) is 1. The van der Waals surface area contributed by atoms with Crippen molar-refractivity contribution in [1.82, 2.24) is 5.32 Å². The van der Waals surface area contributed by atoms with E-state index in [2.05, 4.69) is 130 Å². The van der Waals surface area contributed by atoms with E-state index in [4.69, 9.17) is 32.3 Å². The molecule has 0 aromatic heterocycles. The van der Waals surface area contributed by atoms with Gasteiger partial charge in [0.15, 0.2) is 6.10 Å². The Bertz CT molecular complexity index is 2130. The Morgan fingerprint density at radius 2 is 0.600 bits per heavy atom. The SMILES string of the molecule is CCCCCC/C=C\C/C=C\CCCCCCC(=O)OCC(COP(=O)([O-])OCC(O)COP(=O)([O-])OCC(COC(=O)CCCCCC/C=C\C/C=C/CCCCCC)OC(=O)CCCCCC/C=C\C/C=C\CCCCCC)NC(=O)CCCCCC/C=C\C/C=C/CCCCCC. The van der Waals surface area contributed by atoms with Crippen molar-refractivity contribution in [3.05, 3.63) is 97.2 Å². The minimum absolute atomic E-state index is 0.0515. The largest absolute Gasteiger partial charge is 0.756 e. The molecule has 0 heterocycles. The topological polar surface area (TPSA) is 245 Å². The minimum atomic E-state index is -5.24. The van der Waals surface area contributed by atoms with Crippen molar-refractivity contribution in [2.24, 2.45) is 0 Å². The molecule has 2 N–H and O–H groups in total. The van der Waals surface area contributed by atoms with E-state index < -0.39 is 84.8 Å². The van der Waals surface area contributed by atoms with E-state index in [1.165, 1.54) is 103 Å². The number of unbranched alkanes of at least 4 members (excludes halogenated alkanes) is 32. The average Bonchev–Trinajstić information content (AvgIpc) is 1.01. The van der Waals surface area contributed by atoms with Gasteiger partial charge in [0.25, 0.3) is 15.6 Å². The number of phosphoric acid groups is 2. The molecule has 0 rings (SSSR count). The predicted octanol–water partition coefficient (Wildman–Crippen LogP) is 21.1. The minimum Gasteiger partial charge on any atom is -0.756 e. The molecule has 0 aliphatic carbocycles. The number of carbonyl (C=O) groups is 4. The second-order valence-corrected chi connectivity index (χ2v) is 29.2. The van der Waals surface area contributed by atoms with Crippen LogP contribution in [0, 0.1) is 0 Å². The molecule has 0 aliphatic heterocycles. The molecule has 0 aliphatic rings. The van der Waals surface area contributed by atoms with Gasteiger partial charge in [-0.1, -0.05) is 253 Å². The summed E-state index contributed by atoms with van der Waals surface area (Å²) in [5.74, 6) is -2.04. The fourth-order valence-electron chi connectivity index (χ4n) is 10.5. The summed E-state index contributed by atoms with van der Waals surface area (Å²) in [6, 6.07) is -1.07. The van der Waals surface area contributed by atoms with E-state index in [0.717, 1.165) is 154 Å². The van der Waals surface area contributed by atoms with Gasteiger partial charge in [-0.3, -0.25) is 28.3 Å². The van der Waals surface area contributed by atoms with Crippen molar-refractivity contribution in [3.8, 4) is 0 Å². The summed E-state index contributed by atoms with van der Waals surface area (Å²) in [5.41, 5.74) is 0. The van der Waals surface area contributed by atoms with E-state index in [-0.39, 0.29) is 38.2 Å². The fourth-order valence-corrected chi connectivity index (χ4v) is 12.1. The van der Waals surface area contributed by atoms with Gasteiger partial charge in [0.1, 0.15) is 19.3 Å². The average molecular weight is 1450 g/mol. The number of aliphatic hydroxyl groups excluding tert-OH is 1. The van der Waals surface area contributed by atoms with E-state index in [0.29, 0.717) is 25.7 Å². The van der Waals surface area contributed by atoms with E-state index in [9.17, 15) is 43.2 Å². The molecule has 0 saturated heterocycles. The van der Waals surface area contributed by atoms with E-state index in [1.807, 2.05) is 0 Å². The van der Waals surface area contributed by atoms with Crippen LogP contribution >= 0.6 is 15.6 Å². The molecule has 578 valence electrons. The lowest BCUT2D eigenvalue weighted by Gasteiger charge is -2.28. The summed E-state index contributed by atoms with van der Waals surface area (Å²) in [4.78, 5) is 77.7. The van der Waals surface area contributed by atoms with Crippen molar-refractivity contribution in [3.63, 3.8) is 0 Å². The first kappa shape index (κ1) is 96.0. The lowest BCUT2D eigenvalue weighted by molar-refractivity contribution is -0.232. The van der Waals surface area contributed by atoms with Crippen LogP contribution in [-0.2, 0) is 60.6 Å². The smallest absolute Gasteiger partial charge is 0.306 e. The molecule has 19 heteroatoms. The second-order valence-electron chi connectivity index (χ2n) is 26.4. The van der Waals surface area contributed by atoms with Gasteiger partial charge in [0.05, 0.1) is 32.5 Å². The van der Waals surface area contributed by atoms with Crippen molar-refractivity contribution < 1.29 is 75.5 Å². The third-order valence-corrected chi connectivity index (χ3v) is 18.5. The summed E-state index contributed by atoms with van der Waals surface area (Å²) in [6.07, 6.45) is 77.9. The first-order valence-electron chi connectivity index (χ1n) is 39.5. The summed E-state index contributed by atoms with van der Waals surface area (Å²) >= 11 is 0. The predicted molar refractivity (Wildman–Crippen MR) is 406 cm³/mol. The zero-order valence-electron chi connectivity index (χ0n) is 63.1. The Labute approximate surface area is 608 Å². The number of esters is 3. The molecule has 17 nitrogen and oxygen atoms in total. The Kier molecular flexibility index (Phi) is 70.4. The molecule has 100 heavy (non-hydrogen) atoms. The molecule has 5 atom stereocenters. The molecule has 0 spiro atoms. The first-order valence-corrected chi connectivity index (χ1v) is 42.5. The Morgan fingerprint density at radius 3 is 0.930 bits per heavy atom. The molecule has 0 aromatic carbocycles. The molecule has 0 bridgehead atoms. The number of hydrogen-bond acceptors (Lipinski definition) is 16. The maximum Gasteiger partial charge on any atom is 0.306 e. The summed E-state index contributed by atoms with van der Waals surface area (Å²) in [6.45, 7) is 4.61. The standard InChI is InChI=1S/C81H143NO16P2/c1-5-9-13-17-21-25-29-33-37-41-45-49-53-57-61-65-78(84)82-75(69-92-79(85)66-62-58-54-50-46-42-38-34-30-26-22-18-14-10-6-2)70-94-99(88,89)95-71-76(83)72-96-100(90,91)97-74-77(98-81(87)68-64-60-56-52-48-44-40-36-32-28-24-20-16-12-8-4)73-93-80(86)67-63-59-55-51-47-43-39-35-31-27-23-19-15-11-7-3/h25-32,37-44,75-77,83H,5-24,33-36,45-74H2,1-4H3,(H,82,84)(H,88,89)(H,90,91)/p-2/b29-25+,30-26-,31-27+,32-28-,41-37-,42-38-,43-39-,44-40-. The number of hydrogen-bond donors (Lipinski definition) is 2. The third kappa shape index (κ3) is 72.3. The van der Waals surface area contributed by atoms with Crippen LogP contribution in [0.3, 0.4) is 0 Å². The number of rotatable bonds is 74. The Hall–Kier alpha value is -4.02. The molecule has 0 radical (unpaired) electrons. The van der Waals surface area contributed by atoms with E-state index >= 15 is 0 Å². The van der Waals surface area contributed by atoms with Gasteiger partial charge in [-0.05, 0) is 154 Å². The summed E-state index contributed by atoms with van der Waals surface area (Å²) in [7, 11) is -10.5. The van der Waals surface area contributed by atoms with Crippen molar-refractivity contribution >= 4 is 39.5 Å². The normalized spacial score (nSPS) is 14.4. The van der Waals surface area contributed by atoms with Gasteiger partial charge < -0.3 is 52.5 Å².